The van der Waals surface area contributed by atoms with E-state index in [0.29, 0.717) is 5.11 Å². The number of para-hydroxylation sites is 1. The second kappa shape index (κ2) is 6.42. The second-order valence-corrected chi connectivity index (χ2v) is 6.21. The molecule has 3 rings (SSSR count). The van der Waals surface area contributed by atoms with Crippen molar-refractivity contribution in [2.45, 2.75) is 26.8 Å². The van der Waals surface area contributed by atoms with Gasteiger partial charge in [-0.25, -0.2) is 0 Å². The van der Waals surface area contributed by atoms with E-state index in [-0.39, 0.29) is 6.04 Å². The molecule has 0 radical (unpaired) electrons. The van der Waals surface area contributed by atoms with Gasteiger partial charge in [-0.05, 0) is 68.4 Å². The lowest BCUT2D eigenvalue weighted by molar-refractivity contribution is 0.493. The van der Waals surface area contributed by atoms with E-state index in [1.54, 1.807) is 0 Å². The van der Waals surface area contributed by atoms with Gasteiger partial charge in [0, 0.05) is 11.1 Å². The summed E-state index contributed by atoms with van der Waals surface area (Å²) >= 11 is 5.41. The van der Waals surface area contributed by atoms with E-state index in [9.17, 15) is 0 Å². The van der Waals surface area contributed by atoms with Crippen LogP contribution in [0.2, 0.25) is 0 Å². The van der Waals surface area contributed by atoms with Crippen LogP contribution in [0.15, 0.2) is 52.9 Å². The van der Waals surface area contributed by atoms with Crippen molar-refractivity contribution in [1.29, 1.82) is 0 Å². The van der Waals surface area contributed by atoms with Crippen molar-refractivity contribution < 1.29 is 4.42 Å². The first-order valence-electron chi connectivity index (χ1n) is 7.66. The van der Waals surface area contributed by atoms with Gasteiger partial charge in [-0.3, -0.25) is 0 Å². The van der Waals surface area contributed by atoms with Crippen molar-refractivity contribution in [1.82, 2.24) is 5.32 Å². The Labute approximate surface area is 141 Å². The Morgan fingerprint density at radius 3 is 2.57 bits per heavy atom. The van der Waals surface area contributed by atoms with Gasteiger partial charge in [-0.1, -0.05) is 24.3 Å². The van der Waals surface area contributed by atoms with Crippen LogP contribution in [0.5, 0.6) is 0 Å². The van der Waals surface area contributed by atoms with E-state index in [1.807, 2.05) is 43.3 Å². The maximum Gasteiger partial charge on any atom is 0.171 e. The number of fused-ring (bicyclic) bond motifs is 1. The van der Waals surface area contributed by atoms with Gasteiger partial charge in [0.15, 0.2) is 5.11 Å². The molecule has 1 heterocycles. The zero-order valence-corrected chi connectivity index (χ0v) is 14.3. The van der Waals surface area contributed by atoms with Gasteiger partial charge >= 0.3 is 0 Å². The third-order valence-electron chi connectivity index (χ3n) is 3.98. The lowest BCUT2D eigenvalue weighted by atomic mass is 10.1. The van der Waals surface area contributed by atoms with Crippen molar-refractivity contribution in [3.8, 4) is 0 Å². The first kappa shape index (κ1) is 15.6. The number of anilines is 1. The fourth-order valence-corrected chi connectivity index (χ4v) is 2.76. The summed E-state index contributed by atoms with van der Waals surface area (Å²) in [5.74, 6) is 0.871. The summed E-state index contributed by atoms with van der Waals surface area (Å²) < 4.78 is 5.87. The van der Waals surface area contributed by atoms with Crippen molar-refractivity contribution in [3.63, 3.8) is 0 Å². The number of hydrogen-bond acceptors (Lipinski definition) is 2. The number of nitrogens with one attached hydrogen (secondary N) is 2. The molecule has 0 saturated heterocycles. The maximum absolute atomic E-state index is 5.87. The highest BCUT2D eigenvalue weighted by Crippen LogP contribution is 2.23. The second-order valence-electron chi connectivity index (χ2n) is 5.81. The van der Waals surface area contributed by atoms with E-state index in [4.69, 9.17) is 16.6 Å². The van der Waals surface area contributed by atoms with E-state index in [1.165, 1.54) is 11.1 Å². The standard InChI is InChI=1S/C19H20N2OS/c1-12-8-9-16(10-13(12)2)21-19(23)20-14(3)18-11-15-6-4-5-7-17(15)22-18/h4-11,14H,1-3H3,(H2,20,21,23)/t14-/m1/s1. The Kier molecular flexibility index (Phi) is 4.35. The molecule has 0 bridgehead atoms. The summed E-state index contributed by atoms with van der Waals surface area (Å²) in [6, 6.07) is 16.2. The Morgan fingerprint density at radius 2 is 1.83 bits per heavy atom. The van der Waals surface area contributed by atoms with Crippen LogP contribution in [0.25, 0.3) is 11.0 Å². The number of hydrogen-bond donors (Lipinski definition) is 2. The van der Waals surface area contributed by atoms with Crippen LogP contribution in [0.1, 0.15) is 29.9 Å². The van der Waals surface area contributed by atoms with E-state index < -0.39 is 0 Å². The van der Waals surface area contributed by atoms with Gasteiger partial charge < -0.3 is 15.1 Å². The van der Waals surface area contributed by atoms with Crippen LogP contribution in [0, 0.1) is 13.8 Å². The Hall–Kier alpha value is -2.33. The Bertz CT molecular complexity index is 820. The minimum Gasteiger partial charge on any atom is -0.459 e. The molecule has 0 spiro atoms. The summed E-state index contributed by atoms with van der Waals surface area (Å²) in [5, 5.41) is 8.17. The molecule has 1 aromatic heterocycles. The molecule has 2 aromatic carbocycles. The molecule has 0 fully saturated rings. The van der Waals surface area contributed by atoms with Gasteiger partial charge in [-0.15, -0.1) is 0 Å². The lowest BCUT2D eigenvalue weighted by Crippen LogP contribution is -2.30. The van der Waals surface area contributed by atoms with Crippen LogP contribution < -0.4 is 10.6 Å². The van der Waals surface area contributed by atoms with E-state index in [2.05, 4.69) is 36.6 Å². The highest BCUT2D eigenvalue weighted by Gasteiger charge is 2.12. The SMILES string of the molecule is Cc1ccc(NC(=S)N[C@H](C)c2cc3ccccc3o2)cc1C. The minimum absolute atomic E-state index is 0.00561. The molecule has 4 heteroatoms. The van der Waals surface area contributed by atoms with Crippen molar-refractivity contribution in [2.24, 2.45) is 0 Å². The van der Waals surface area contributed by atoms with E-state index in [0.717, 1.165) is 22.4 Å². The largest absolute Gasteiger partial charge is 0.459 e. The number of rotatable bonds is 3. The molecule has 3 aromatic rings. The predicted molar refractivity (Wildman–Crippen MR) is 99.9 cm³/mol. The summed E-state index contributed by atoms with van der Waals surface area (Å²) in [4.78, 5) is 0. The van der Waals surface area contributed by atoms with Crippen molar-refractivity contribution in [2.75, 3.05) is 5.32 Å². The molecule has 118 valence electrons. The van der Waals surface area contributed by atoms with Crippen LogP contribution in [0.3, 0.4) is 0 Å². The van der Waals surface area contributed by atoms with Gasteiger partial charge in [0.1, 0.15) is 11.3 Å². The van der Waals surface area contributed by atoms with Gasteiger partial charge in [0.05, 0.1) is 6.04 Å². The molecule has 0 aliphatic carbocycles. The van der Waals surface area contributed by atoms with Crippen LogP contribution in [0.4, 0.5) is 5.69 Å². The summed E-state index contributed by atoms with van der Waals surface area (Å²) in [6.07, 6.45) is 0. The molecule has 1 atom stereocenters. The molecular formula is C19H20N2OS. The van der Waals surface area contributed by atoms with Gasteiger partial charge in [0.2, 0.25) is 0 Å². The molecule has 2 N–H and O–H groups in total. The predicted octanol–water partition coefficient (Wildman–Crippen LogP) is 5.10. The molecular weight excluding hydrogens is 304 g/mol. The van der Waals surface area contributed by atoms with Crippen molar-refractivity contribution in [3.05, 3.63) is 65.4 Å². The quantitative estimate of drug-likeness (QED) is 0.658. The summed E-state index contributed by atoms with van der Waals surface area (Å²) in [5.41, 5.74) is 4.39. The summed E-state index contributed by atoms with van der Waals surface area (Å²) in [6.45, 7) is 6.22. The maximum atomic E-state index is 5.87. The normalized spacial score (nSPS) is 12.1. The number of benzene rings is 2. The zero-order valence-electron chi connectivity index (χ0n) is 13.5. The minimum atomic E-state index is -0.00561. The number of aryl methyl sites for hydroxylation is 2. The monoisotopic (exact) mass is 324 g/mol. The van der Waals surface area contributed by atoms with Crippen LogP contribution in [-0.2, 0) is 0 Å². The van der Waals surface area contributed by atoms with E-state index >= 15 is 0 Å². The average Bonchev–Trinajstić information content (AvgIpc) is 2.95. The first-order valence-corrected chi connectivity index (χ1v) is 8.07. The van der Waals surface area contributed by atoms with Crippen LogP contribution in [-0.4, -0.2) is 5.11 Å². The first-order chi connectivity index (χ1) is 11.0. The third kappa shape index (κ3) is 3.54. The smallest absolute Gasteiger partial charge is 0.171 e. The van der Waals surface area contributed by atoms with Gasteiger partial charge in [-0.2, -0.15) is 0 Å². The molecule has 23 heavy (non-hydrogen) atoms. The number of furan rings is 1. The topological polar surface area (TPSA) is 37.2 Å². The highest BCUT2D eigenvalue weighted by atomic mass is 32.1. The van der Waals surface area contributed by atoms with Crippen LogP contribution >= 0.6 is 12.2 Å². The zero-order chi connectivity index (χ0) is 16.4. The lowest BCUT2D eigenvalue weighted by Gasteiger charge is -2.15. The molecule has 0 aliphatic heterocycles. The number of thiocarbonyl (C=S) groups is 1. The average molecular weight is 324 g/mol. The third-order valence-corrected chi connectivity index (χ3v) is 4.20. The Morgan fingerprint density at radius 1 is 1.04 bits per heavy atom. The molecule has 0 unspecified atom stereocenters. The summed E-state index contributed by atoms with van der Waals surface area (Å²) in [7, 11) is 0. The molecule has 0 saturated carbocycles. The highest BCUT2D eigenvalue weighted by molar-refractivity contribution is 7.80. The molecule has 0 aliphatic rings. The Balaban J connectivity index is 1.67. The molecule has 3 nitrogen and oxygen atoms in total. The fourth-order valence-electron chi connectivity index (χ4n) is 2.47. The molecule has 0 amide bonds. The van der Waals surface area contributed by atoms with Crippen molar-refractivity contribution >= 4 is 34.0 Å². The fraction of sp³-hybridized carbons (Fsp3) is 0.211. The van der Waals surface area contributed by atoms with Gasteiger partial charge in [0.25, 0.3) is 0 Å².